The molecule has 0 radical (unpaired) electrons. The van der Waals surface area contributed by atoms with Gasteiger partial charge in [0.15, 0.2) is 0 Å². The minimum atomic E-state index is 0.0235. The highest BCUT2D eigenvalue weighted by Gasteiger charge is 2.13. The van der Waals surface area contributed by atoms with Crippen LogP contribution in [0.15, 0.2) is 48.5 Å². The van der Waals surface area contributed by atoms with E-state index in [0.29, 0.717) is 13.0 Å². The average Bonchev–Trinajstić information content (AvgIpc) is 2.65. The number of carbonyl (C=O) groups is 1. The minimum absolute atomic E-state index is 0.0235. The maximum absolute atomic E-state index is 12.0. The van der Waals surface area contributed by atoms with Crippen LogP contribution in [-0.2, 0) is 4.79 Å². The largest absolute Gasteiger partial charge is 0.385 e. The molecule has 0 atom stereocenters. The number of aryl methyl sites for hydroxylation is 1. The third kappa shape index (κ3) is 5.23. The van der Waals surface area contributed by atoms with Crippen molar-refractivity contribution in [2.75, 3.05) is 55.3 Å². The van der Waals surface area contributed by atoms with Gasteiger partial charge >= 0.3 is 0 Å². The normalized spacial score (nSPS) is 14.9. The molecule has 0 aliphatic carbocycles. The number of rotatable bonds is 6. The maximum atomic E-state index is 12.0. The van der Waals surface area contributed by atoms with E-state index in [4.69, 9.17) is 0 Å². The van der Waals surface area contributed by atoms with Gasteiger partial charge in [-0.1, -0.05) is 17.7 Å². The molecule has 0 spiro atoms. The Hall–Kier alpha value is -2.53. The maximum Gasteiger partial charge on any atom is 0.226 e. The molecule has 1 aliphatic rings. The molecule has 1 fully saturated rings. The number of likely N-dealkylation sites (N-methyl/N-ethyl adjacent to an activating group) is 1. The third-order valence-corrected chi connectivity index (χ3v) is 4.75. The van der Waals surface area contributed by atoms with Crippen molar-refractivity contribution < 1.29 is 4.79 Å². The molecule has 138 valence electrons. The molecule has 0 bridgehead atoms. The zero-order chi connectivity index (χ0) is 18.4. The van der Waals surface area contributed by atoms with Crippen LogP contribution in [0.4, 0.5) is 17.1 Å². The number of carbonyl (C=O) groups excluding carboxylic acids is 1. The number of hydrogen-bond acceptors (Lipinski definition) is 4. The van der Waals surface area contributed by atoms with Crippen LogP contribution < -0.4 is 15.5 Å². The number of anilines is 3. The fourth-order valence-corrected chi connectivity index (χ4v) is 3.04. The Morgan fingerprint density at radius 2 is 1.54 bits per heavy atom. The predicted octanol–water partition coefficient (Wildman–Crippen LogP) is 3.19. The number of hydrogen-bond donors (Lipinski definition) is 2. The molecule has 5 nitrogen and oxygen atoms in total. The summed E-state index contributed by atoms with van der Waals surface area (Å²) in [5.74, 6) is 0.0235. The second kappa shape index (κ2) is 8.72. The zero-order valence-corrected chi connectivity index (χ0v) is 15.7. The van der Waals surface area contributed by atoms with E-state index in [-0.39, 0.29) is 5.91 Å². The Morgan fingerprint density at radius 3 is 2.19 bits per heavy atom. The first-order chi connectivity index (χ1) is 12.6. The summed E-state index contributed by atoms with van der Waals surface area (Å²) in [6, 6.07) is 16.3. The van der Waals surface area contributed by atoms with Crippen molar-refractivity contribution >= 4 is 23.0 Å². The second-order valence-electron chi connectivity index (χ2n) is 6.93. The molecule has 1 saturated heterocycles. The molecule has 2 aromatic rings. The van der Waals surface area contributed by atoms with Gasteiger partial charge in [0.25, 0.3) is 0 Å². The summed E-state index contributed by atoms with van der Waals surface area (Å²) in [6.45, 7) is 7.01. The van der Waals surface area contributed by atoms with Gasteiger partial charge in [0.2, 0.25) is 5.91 Å². The minimum Gasteiger partial charge on any atom is -0.385 e. The summed E-state index contributed by atoms with van der Waals surface area (Å²) in [5, 5.41) is 6.24. The van der Waals surface area contributed by atoms with E-state index in [2.05, 4.69) is 51.7 Å². The predicted molar refractivity (Wildman–Crippen MR) is 109 cm³/mol. The number of piperazine rings is 1. The van der Waals surface area contributed by atoms with Gasteiger partial charge in [-0.05, 0) is 50.4 Å². The van der Waals surface area contributed by atoms with Gasteiger partial charge in [-0.2, -0.15) is 0 Å². The van der Waals surface area contributed by atoms with Crippen molar-refractivity contribution in [3.63, 3.8) is 0 Å². The van der Waals surface area contributed by atoms with E-state index in [0.717, 1.165) is 37.6 Å². The van der Waals surface area contributed by atoms with Gasteiger partial charge in [-0.25, -0.2) is 0 Å². The van der Waals surface area contributed by atoms with E-state index in [9.17, 15) is 4.79 Å². The first-order valence-corrected chi connectivity index (χ1v) is 9.24. The lowest BCUT2D eigenvalue weighted by molar-refractivity contribution is -0.115. The average molecular weight is 352 g/mol. The van der Waals surface area contributed by atoms with E-state index in [1.807, 2.05) is 31.2 Å². The van der Waals surface area contributed by atoms with Crippen LogP contribution in [0.3, 0.4) is 0 Å². The Labute approximate surface area is 156 Å². The summed E-state index contributed by atoms with van der Waals surface area (Å²) in [6.07, 6.45) is 0.439. The van der Waals surface area contributed by atoms with Gasteiger partial charge < -0.3 is 20.4 Å². The second-order valence-corrected chi connectivity index (χ2v) is 6.93. The molecule has 2 aromatic carbocycles. The van der Waals surface area contributed by atoms with Crippen molar-refractivity contribution in [2.24, 2.45) is 0 Å². The SMILES string of the molecule is Cc1ccc(NC(=O)CCNc2ccc(N3CCN(C)CC3)cc2)cc1. The molecular formula is C21H28N4O. The van der Waals surface area contributed by atoms with Crippen molar-refractivity contribution in [3.05, 3.63) is 54.1 Å². The van der Waals surface area contributed by atoms with Crippen LogP contribution in [0, 0.1) is 6.92 Å². The molecule has 1 amide bonds. The molecule has 3 rings (SSSR count). The lowest BCUT2D eigenvalue weighted by Gasteiger charge is -2.34. The molecule has 1 aliphatic heterocycles. The Bertz CT molecular complexity index is 704. The first-order valence-electron chi connectivity index (χ1n) is 9.24. The summed E-state index contributed by atoms with van der Waals surface area (Å²) in [7, 11) is 2.17. The van der Waals surface area contributed by atoms with Crippen LogP contribution in [0.2, 0.25) is 0 Å². The summed E-state index contributed by atoms with van der Waals surface area (Å²) >= 11 is 0. The smallest absolute Gasteiger partial charge is 0.226 e. The van der Waals surface area contributed by atoms with Gasteiger partial charge in [0, 0.05) is 56.2 Å². The van der Waals surface area contributed by atoms with E-state index in [1.54, 1.807) is 0 Å². The van der Waals surface area contributed by atoms with E-state index >= 15 is 0 Å². The molecule has 26 heavy (non-hydrogen) atoms. The molecule has 1 heterocycles. The summed E-state index contributed by atoms with van der Waals surface area (Å²) in [5.41, 5.74) is 4.34. The van der Waals surface area contributed by atoms with Crippen molar-refractivity contribution in [1.82, 2.24) is 4.90 Å². The number of amides is 1. The Morgan fingerprint density at radius 1 is 0.923 bits per heavy atom. The number of nitrogens with one attached hydrogen (secondary N) is 2. The van der Waals surface area contributed by atoms with Gasteiger partial charge in [-0.15, -0.1) is 0 Å². The summed E-state index contributed by atoms with van der Waals surface area (Å²) in [4.78, 5) is 16.8. The van der Waals surface area contributed by atoms with E-state index in [1.165, 1.54) is 11.3 Å². The van der Waals surface area contributed by atoms with E-state index < -0.39 is 0 Å². The Balaban J connectivity index is 1.41. The highest BCUT2D eigenvalue weighted by Crippen LogP contribution is 2.19. The highest BCUT2D eigenvalue weighted by atomic mass is 16.1. The monoisotopic (exact) mass is 352 g/mol. The quantitative estimate of drug-likeness (QED) is 0.838. The van der Waals surface area contributed by atoms with Crippen molar-refractivity contribution in [2.45, 2.75) is 13.3 Å². The first kappa shape index (κ1) is 18.3. The highest BCUT2D eigenvalue weighted by molar-refractivity contribution is 5.91. The Kier molecular flexibility index (Phi) is 6.12. The number of nitrogens with zero attached hydrogens (tertiary/aromatic N) is 2. The van der Waals surface area contributed by atoms with Crippen LogP contribution >= 0.6 is 0 Å². The van der Waals surface area contributed by atoms with Crippen LogP contribution in [0.25, 0.3) is 0 Å². The van der Waals surface area contributed by atoms with Crippen LogP contribution in [0.1, 0.15) is 12.0 Å². The van der Waals surface area contributed by atoms with Gasteiger partial charge in [-0.3, -0.25) is 4.79 Å². The fraction of sp³-hybridized carbons (Fsp3) is 0.381. The van der Waals surface area contributed by atoms with Crippen LogP contribution in [0.5, 0.6) is 0 Å². The lowest BCUT2D eigenvalue weighted by Crippen LogP contribution is -2.44. The topological polar surface area (TPSA) is 47.6 Å². The molecule has 0 unspecified atom stereocenters. The number of benzene rings is 2. The molecule has 2 N–H and O–H groups in total. The molecule has 0 saturated carbocycles. The fourth-order valence-electron chi connectivity index (χ4n) is 3.04. The van der Waals surface area contributed by atoms with Crippen molar-refractivity contribution in [3.8, 4) is 0 Å². The van der Waals surface area contributed by atoms with Crippen molar-refractivity contribution in [1.29, 1.82) is 0 Å². The molecule has 0 aromatic heterocycles. The molecule has 5 heteroatoms. The molecular weight excluding hydrogens is 324 g/mol. The van der Waals surface area contributed by atoms with Crippen LogP contribution in [-0.4, -0.2) is 50.6 Å². The zero-order valence-electron chi connectivity index (χ0n) is 15.7. The summed E-state index contributed by atoms with van der Waals surface area (Å²) < 4.78 is 0. The van der Waals surface area contributed by atoms with Gasteiger partial charge in [0.05, 0.1) is 0 Å². The lowest BCUT2D eigenvalue weighted by atomic mass is 10.2. The third-order valence-electron chi connectivity index (χ3n) is 4.75. The van der Waals surface area contributed by atoms with Gasteiger partial charge in [0.1, 0.15) is 0 Å². The standard InChI is InChI=1S/C21H28N4O/c1-17-3-5-19(6-4-17)23-21(26)11-12-22-18-7-9-20(10-8-18)25-15-13-24(2)14-16-25/h3-10,22H,11-16H2,1-2H3,(H,23,26).